The molecule has 0 bridgehead atoms. The molecule has 6 heteroatoms. The molecule has 1 N–H and O–H groups in total. The zero-order chi connectivity index (χ0) is 15.5. The van der Waals surface area contributed by atoms with E-state index in [0.29, 0.717) is 31.1 Å². The Morgan fingerprint density at radius 2 is 2.18 bits per heavy atom. The van der Waals surface area contributed by atoms with Gasteiger partial charge in [0.05, 0.1) is 18.5 Å². The quantitative estimate of drug-likeness (QED) is 0.921. The predicted octanol–water partition coefficient (Wildman–Crippen LogP) is 2.69. The van der Waals surface area contributed by atoms with E-state index in [1.54, 1.807) is 13.3 Å². The van der Waals surface area contributed by atoms with Gasteiger partial charge in [0.2, 0.25) is 5.91 Å². The zero-order valence-corrected chi connectivity index (χ0v) is 13.1. The number of aromatic nitrogens is 2. The van der Waals surface area contributed by atoms with Crippen LogP contribution in [0.3, 0.4) is 0 Å². The number of nitrogens with zero attached hydrogens (tertiary/aromatic N) is 2. The molecule has 1 atom stereocenters. The van der Waals surface area contributed by atoms with Crippen LogP contribution >= 0.6 is 11.6 Å². The van der Waals surface area contributed by atoms with E-state index in [4.69, 9.17) is 16.3 Å². The van der Waals surface area contributed by atoms with Crippen LogP contribution in [0.25, 0.3) is 11.3 Å². The maximum Gasteiger partial charge on any atom is 0.223 e. The molecule has 3 rings (SSSR count). The van der Waals surface area contributed by atoms with Crippen LogP contribution in [-0.4, -0.2) is 47.6 Å². The number of carbonyl (C=O) groups excluding carboxylic acids is 1. The molecule has 116 valence electrons. The summed E-state index contributed by atoms with van der Waals surface area (Å²) in [7, 11) is 1.64. The van der Waals surface area contributed by atoms with Gasteiger partial charge in [-0.2, -0.15) is 0 Å². The summed E-state index contributed by atoms with van der Waals surface area (Å²) in [6.07, 6.45) is 2.30. The number of benzene rings is 1. The summed E-state index contributed by atoms with van der Waals surface area (Å²) in [6.45, 7) is 1.89. The Kier molecular flexibility index (Phi) is 4.45. The first-order valence-corrected chi connectivity index (χ1v) is 7.62. The molecular formula is C16H18ClN3O2. The molecule has 1 saturated heterocycles. The highest BCUT2D eigenvalue weighted by Crippen LogP contribution is 2.28. The molecule has 2 aromatic rings. The molecule has 0 saturated carbocycles. The van der Waals surface area contributed by atoms with E-state index >= 15 is 0 Å². The van der Waals surface area contributed by atoms with Crippen molar-refractivity contribution in [1.29, 1.82) is 0 Å². The third-order valence-corrected chi connectivity index (χ3v) is 4.17. The lowest BCUT2D eigenvalue weighted by Gasteiger charge is -2.15. The van der Waals surface area contributed by atoms with Gasteiger partial charge in [-0.05, 0) is 17.7 Å². The monoisotopic (exact) mass is 319 g/mol. The largest absolute Gasteiger partial charge is 0.383 e. The summed E-state index contributed by atoms with van der Waals surface area (Å²) in [5, 5.41) is 0.707. The van der Waals surface area contributed by atoms with E-state index in [1.165, 1.54) is 0 Å². The number of H-pyrrole nitrogens is 1. The number of rotatable bonds is 5. The number of hydrogen-bond acceptors (Lipinski definition) is 3. The molecule has 0 spiro atoms. The van der Waals surface area contributed by atoms with Gasteiger partial charge in [0.25, 0.3) is 0 Å². The average Bonchev–Trinajstić information content (AvgIpc) is 3.13. The number of likely N-dealkylation sites (tertiary alicyclic amines) is 1. The van der Waals surface area contributed by atoms with Crippen molar-refractivity contribution in [3.63, 3.8) is 0 Å². The van der Waals surface area contributed by atoms with Crippen LogP contribution in [0.4, 0.5) is 0 Å². The van der Waals surface area contributed by atoms with Crippen LogP contribution in [0.2, 0.25) is 5.02 Å². The maximum atomic E-state index is 12.0. The Labute approximate surface area is 134 Å². The van der Waals surface area contributed by atoms with E-state index in [9.17, 15) is 4.79 Å². The van der Waals surface area contributed by atoms with Crippen molar-refractivity contribution in [2.45, 2.75) is 12.3 Å². The van der Waals surface area contributed by atoms with Gasteiger partial charge in [0.15, 0.2) is 0 Å². The molecule has 22 heavy (non-hydrogen) atoms. The highest BCUT2D eigenvalue weighted by atomic mass is 35.5. The molecule has 1 amide bonds. The minimum absolute atomic E-state index is 0.116. The molecular weight excluding hydrogens is 302 g/mol. The number of ether oxygens (including phenoxy) is 1. The molecule has 5 nitrogen and oxygen atoms in total. The van der Waals surface area contributed by atoms with Gasteiger partial charge < -0.3 is 14.6 Å². The highest BCUT2D eigenvalue weighted by molar-refractivity contribution is 6.30. The van der Waals surface area contributed by atoms with Crippen LogP contribution in [0.5, 0.6) is 0 Å². The van der Waals surface area contributed by atoms with E-state index in [0.717, 1.165) is 17.1 Å². The smallest absolute Gasteiger partial charge is 0.223 e. The Balaban J connectivity index is 1.72. The molecule has 1 unspecified atom stereocenters. The van der Waals surface area contributed by atoms with Crippen LogP contribution < -0.4 is 0 Å². The number of methoxy groups -OCH3 is 1. The van der Waals surface area contributed by atoms with Crippen molar-refractivity contribution >= 4 is 17.5 Å². The minimum Gasteiger partial charge on any atom is -0.383 e. The van der Waals surface area contributed by atoms with Crippen LogP contribution in [0, 0.1) is 0 Å². The first-order chi connectivity index (χ1) is 10.7. The first-order valence-electron chi connectivity index (χ1n) is 7.25. The van der Waals surface area contributed by atoms with Gasteiger partial charge >= 0.3 is 0 Å². The molecule has 1 aliphatic heterocycles. The summed E-state index contributed by atoms with van der Waals surface area (Å²) < 4.78 is 5.04. The Morgan fingerprint density at radius 1 is 1.41 bits per heavy atom. The number of carbonyl (C=O) groups is 1. The van der Waals surface area contributed by atoms with Crippen LogP contribution in [0.1, 0.15) is 18.2 Å². The second kappa shape index (κ2) is 6.50. The first kappa shape index (κ1) is 15.1. The summed E-state index contributed by atoms with van der Waals surface area (Å²) in [4.78, 5) is 21.6. The molecule has 1 fully saturated rings. The third-order valence-electron chi connectivity index (χ3n) is 3.92. The molecule has 1 aliphatic rings. The lowest BCUT2D eigenvalue weighted by molar-refractivity contribution is -0.128. The standard InChI is InChI=1S/C16H18ClN3O2/c1-22-7-6-20-10-12(8-15(20)21)16-18-9-14(19-16)11-2-4-13(17)5-3-11/h2-5,9,12H,6-8,10H2,1H3,(H,18,19). The normalized spacial score (nSPS) is 18.2. The lowest BCUT2D eigenvalue weighted by atomic mass is 10.1. The summed E-state index contributed by atoms with van der Waals surface area (Å²) >= 11 is 5.90. The van der Waals surface area contributed by atoms with Crippen molar-refractivity contribution in [3.05, 3.63) is 41.3 Å². The number of halogens is 1. The van der Waals surface area contributed by atoms with E-state index in [1.807, 2.05) is 29.2 Å². The summed E-state index contributed by atoms with van der Waals surface area (Å²) in [6, 6.07) is 7.60. The van der Waals surface area contributed by atoms with Crippen LogP contribution in [-0.2, 0) is 9.53 Å². The Bertz CT molecular complexity index is 654. The number of nitrogens with one attached hydrogen (secondary N) is 1. The van der Waals surface area contributed by atoms with Gasteiger partial charge in [0, 0.05) is 37.6 Å². The lowest BCUT2D eigenvalue weighted by Crippen LogP contribution is -2.28. The third kappa shape index (κ3) is 3.15. The van der Waals surface area contributed by atoms with Crippen molar-refractivity contribution in [1.82, 2.24) is 14.9 Å². The van der Waals surface area contributed by atoms with E-state index in [-0.39, 0.29) is 11.8 Å². The Morgan fingerprint density at radius 3 is 2.91 bits per heavy atom. The van der Waals surface area contributed by atoms with Gasteiger partial charge in [-0.3, -0.25) is 4.79 Å². The van der Waals surface area contributed by atoms with Gasteiger partial charge in [-0.15, -0.1) is 0 Å². The zero-order valence-electron chi connectivity index (χ0n) is 12.4. The number of amides is 1. The van der Waals surface area contributed by atoms with Crippen molar-refractivity contribution in [3.8, 4) is 11.3 Å². The molecule has 0 radical (unpaired) electrons. The molecule has 0 aliphatic carbocycles. The fourth-order valence-electron chi connectivity index (χ4n) is 2.69. The van der Waals surface area contributed by atoms with Crippen LogP contribution in [0.15, 0.2) is 30.5 Å². The molecule has 2 heterocycles. The predicted molar refractivity (Wildman–Crippen MR) is 84.8 cm³/mol. The fourth-order valence-corrected chi connectivity index (χ4v) is 2.82. The topological polar surface area (TPSA) is 58.2 Å². The Hall–Kier alpha value is -1.85. The SMILES string of the molecule is COCCN1CC(c2ncc(-c3ccc(Cl)cc3)[nH]2)CC1=O. The fraction of sp³-hybridized carbons (Fsp3) is 0.375. The van der Waals surface area contributed by atoms with Crippen molar-refractivity contribution < 1.29 is 9.53 Å². The molecule has 1 aromatic carbocycles. The van der Waals surface area contributed by atoms with E-state index < -0.39 is 0 Å². The molecule has 1 aromatic heterocycles. The van der Waals surface area contributed by atoms with Crippen molar-refractivity contribution in [2.75, 3.05) is 26.8 Å². The highest BCUT2D eigenvalue weighted by Gasteiger charge is 2.32. The van der Waals surface area contributed by atoms with E-state index in [2.05, 4.69) is 9.97 Å². The summed E-state index contributed by atoms with van der Waals surface area (Å²) in [5.41, 5.74) is 1.97. The maximum absolute atomic E-state index is 12.0. The van der Waals surface area contributed by atoms with Gasteiger partial charge in [0.1, 0.15) is 5.82 Å². The van der Waals surface area contributed by atoms with Gasteiger partial charge in [-0.1, -0.05) is 23.7 Å². The average molecular weight is 320 g/mol. The number of aromatic amines is 1. The van der Waals surface area contributed by atoms with Gasteiger partial charge in [-0.25, -0.2) is 4.98 Å². The number of hydrogen-bond donors (Lipinski definition) is 1. The summed E-state index contributed by atoms with van der Waals surface area (Å²) in [5.74, 6) is 1.13. The number of imidazole rings is 1. The van der Waals surface area contributed by atoms with Crippen molar-refractivity contribution in [2.24, 2.45) is 0 Å². The minimum atomic E-state index is 0.116. The second-order valence-electron chi connectivity index (χ2n) is 5.42. The second-order valence-corrected chi connectivity index (χ2v) is 5.86.